The smallest absolute Gasteiger partial charge is 0.261 e. The quantitative estimate of drug-likeness (QED) is 0.705. The average Bonchev–Trinajstić information content (AvgIpc) is 2.67. The molecule has 0 fully saturated rings. The maximum Gasteiger partial charge on any atom is 0.261 e. The van der Waals surface area contributed by atoms with Crippen LogP contribution in [0.3, 0.4) is 0 Å². The SMILES string of the molecule is Cc1ccc(CN(C(=O)COc2cc(C)cc(C)c2C)[C@@H](C)C(=O)NC(C)(C)C)cc1. The van der Waals surface area contributed by atoms with Gasteiger partial charge in [-0.15, -0.1) is 0 Å². The lowest BCUT2D eigenvalue weighted by molar-refractivity contribution is -0.142. The lowest BCUT2D eigenvalue weighted by Gasteiger charge is -2.31. The van der Waals surface area contributed by atoms with Gasteiger partial charge in [-0.25, -0.2) is 0 Å². The van der Waals surface area contributed by atoms with Crippen LogP contribution in [0.25, 0.3) is 0 Å². The molecular formula is C26H36N2O3. The van der Waals surface area contributed by atoms with Gasteiger partial charge in [-0.2, -0.15) is 0 Å². The third-order valence-corrected chi connectivity index (χ3v) is 5.25. The lowest BCUT2D eigenvalue weighted by atomic mass is 10.1. The van der Waals surface area contributed by atoms with E-state index in [1.165, 1.54) is 0 Å². The number of nitrogens with zero attached hydrogens (tertiary/aromatic N) is 1. The Morgan fingerprint density at radius 3 is 2.19 bits per heavy atom. The summed E-state index contributed by atoms with van der Waals surface area (Å²) in [6, 6.07) is 11.4. The van der Waals surface area contributed by atoms with Gasteiger partial charge in [0.2, 0.25) is 5.91 Å². The lowest BCUT2D eigenvalue weighted by Crippen LogP contribution is -2.53. The normalized spacial score (nSPS) is 12.3. The molecule has 1 atom stereocenters. The molecule has 0 bridgehead atoms. The largest absolute Gasteiger partial charge is 0.483 e. The van der Waals surface area contributed by atoms with E-state index in [1.807, 2.05) is 78.8 Å². The summed E-state index contributed by atoms with van der Waals surface area (Å²) in [5.74, 6) is 0.291. The maximum absolute atomic E-state index is 13.2. The molecule has 1 N–H and O–H groups in total. The second-order valence-electron chi connectivity index (χ2n) is 9.42. The molecule has 5 nitrogen and oxygen atoms in total. The number of nitrogens with one attached hydrogen (secondary N) is 1. The number of benzene rings is 2. The van der Waals surface area contributed by atoms with Gasteiger partial charge in [0, 0.05) is 12.1 Å². The van der Waals surface area contributed by atoms with Crippen LogP contribution in [0.2, 0.25) is 0 Å². The second kappa shape index (κ2) is 9.99. The molecule has 0 saturated heterocycles. The summed E-state index contributed by atoms with van der Waals surface area (Å²) in [5.41, 5.74) is 4.96. The molecule has 2 aromatic carbocycles. The highest BCUT2D eigenvalue weighted by Crippen LogP contribution is 2.23. The Labute approximate surface area is 186 Å². The zero-order chi connectivity index (χ0) is 23.3. The standard InChI is InChI=1S/C26H36N2O3/c1-17-9-11-22(12-10-17)15-28(21(5)25(30)27-26(6,7)8)24(29)16-31-23-14-18(2)13-19(3)20(23)4/h9-14,21H,15-16H2,1-8H3,(H,27,30)/t21-/m0/s1. The van der Waals surface area contributed by atoms with Gasteiger partial charge in [0.05, 0.1) is 0 Å². The van der Waals surface area contributed by atoms with E-state index in [2.05, 4.69) is 11.4 Å². The van der Waals surface area contributed by atoms with Crippen LogP contribution >= 0.6 is 0 Å². The van der Waals surface area contributed by atoms with Crippen molar-refractivity contribution in [2.75, 3.05) is 6.61 Å². The Hall–Kier alpha value is -2.82. The Balaban J connectivity index is 2.22. The first kappa shape index (κ1) is 24.4. The molecule has 2 aromatic rings. The Bertz CT molecular complexity index is 927. The number of carbonyl (C=O) groups is 2. The molecule has 0 radical (unpaired) electrons. The van der Waals surface area contributed by atoms with Crippen LogP contribution in [0.4, 0.5) is 0 Å². The Kier molecular flexibility index (Phi) is 7.88. The average molecular weight is 425 g/mol. The van der Waals surface area contributed by atoms with Crippen LogP contribution in [0, 0.1) is 27.7 Å². The van der Waals surface area contributed by atoms with Gasteiger partial charge in [-0.3, -0.25) is 9.59 Å². The highest BCUT2D eigenvalue weighted by molar-refractivity contribution is 5.88. The molecule has 2 amide bonds. The van der Waals surface area contributed by atoms with Crippen LogP contribution in [-0.2, 0) is 16.1 Å². The Morgan fingerprint density at radius 1 is 1.00 bits per heavy atom. The molecule has 0 aliphatic rings. The van der Waals surface area contributed by atoms with Crippen LogP contribution in [-0.4, -0.2) is 34.9 Å². The molecule has 5 heteroatoms. The monoisotopic (exact) mass is 424 g/mol. The number of hydrogen-bond donors (Lipinski definition) is 1. The Morgan fingerprint density at radius 2 is 1.61 bits per heavy atom. The van der Waals surface area contributed by atoms with Crippen LogP contribution in [0.15, 0.2) is 36.4 Å². The summed E-state index contributed by atoms with van der Waals surface area (Å²) in [7, 11) is 0. The van der Waals surface area contributed by atoms with Gasteiger partial charge < -0.3 is 15.0 Å². The fourth-order valence-electron chi connectivity index (χ4n) is 3.32. The topological polar surface area (TPSA) is 58.6 Å². The summed E-state index contributed by atoms with van der Waals surface area (Å²) in [5, 5.41) is 2.97. The number of carbonyl (C=O) groups excluding carboxylic acids is 2. The maximum atomic E-state index is 13.2. The summed E-state index contributed by atoms with van der Waals surface area (Å²) in [4.78, 5) is 27.6. The predicted octanol–water partition coefficient (Wildman–Crippen LogP) is 4.63. The molecular weight excluding hydrogens is 388 g/mol. The second-order valence-corrected chi connectivity index (χ2v) is 9.42. The summed E-state index contributed by atoms with van der Waals surface area (Å²) < 4.78 is 5.91. The molecule has 0 aliphatic heterocycles. The highest BCUT2D eigenvalue weighted by Gasteiger charge is 2.28. The first-order valence-electron chi connectivity index (χ1n) is 10.7. The molecule has 0 heterocycles. The van der Waals surface area contributed by atoms with E-state index in [4.69, 9.17) is 4.74 Å². The van der Waals surface area contributed by atoms with E-state index in [0.29, 0.717) is 12.3 Å². The first-order valence-corrected chi connectivity index (χ1v) is 10.7. The number of ether oxygens (including phenoxy) is 1. The first-order chi connectivity index (χ1) is 14.4. The van der Waals surface area contributed by atoms with E-state index < -0.39 is 6.04 Å². The van der Waals surface area contributed by atoms with E-state index in [9.17, 15) is 9.59 Å². The van der Waals surface area contributed by atoms with Crippen molar-refractivity contribution >= 4 is 11.8 Å². The van der Waals surface area contributed by atoms with Gasteiger partial charge in [0.15, 0.2) is 6.61 Å². The van der Waals surface area contributed by atoms with Crippen molar-refractivity contribution < 1.29 is 14.3 Å². The van der Waals surface area contributed by atoms with Crippen LogP contribution in [0.1, 0.15) is 55.5 Å². The predicted molar refractivity (Wildman–Crippen MR) is 125 cm³/mol. The van der Waals surface area contributed by atoms with Crippen molar-refractivity contribution in [3.63, 3.8) is 0 Å². The van der Waals surface area contributed by atoms with Crippen molar-refractivity contribution in [2.24, 2.45) is 0 Å². The minimum atomic E-state index is -0.628. The zero-order valence-electron chi connectivity index (χ0n) is 20.1. The molecule has 31 heavy (non-hydrogen) atoms. The van der Waals surface area contributed by atoms with Gasteiger partial charge in [-0.1, -0.05) is 35.9 Å². The summed E-state index contributed by atoms with van der Waals surface area (Å²) >= 11 is 0. The van der Waals surface area contributed by atoms with Crippen molar-refractivity contribution in [3.05, 3.63) is 64.2 Å². The highest BCUT2D eigenvalue weighted by atomic mass is 16.5. The van der Waals surface area contributed by atoms with Crippen LogP contribution in [0.5, 0.6) is 5.75 Å². The molecule has 0 unspecified atom stereocenters. The molecule has 168 valence electrons. The molecule has 0 spiro atoms. The van der Waals surface area contributed by atoms with Crippen LogP contribution < -0.4 is 10.1 Å². The van der Waals surface area contributed by atoms with Gasteiger partial charge in [0.25, 0.3) is 5.91 Å². The summed E-state index contributed by atoms with van der Waals surface area (Å²) in [6.07, 6.45) is 0. The van der Waals surface area contributed by atoms with E-state index in [1.54, 1.807) is 11.8 Å². The van der Waals surface area contributed by atoms with Crippen molar-refractivity contribution in [1.29, 1.82) is 0 Å². The van der Waals surface area contributed by atoms with Gasteiger partial charge in [-0.05, 0) is 83.7 Å². The van der Waals surface area contributed by atoms with Gasteiger partial charge >= 0.3 is 0 Å². The fraction of sp³-hybridized carbons (Fsp3) is 0.462. The third-order valence-electron chi connectivity index (χ3n) is 5.25. The van der Waals surface area contributed by atoms with E-state index >= 15 is 0 Å². The number of rotatable bonds is 7. The minimum absolute atomic E-state index is 0.122. The fourth-order valence-corrected chi connectivity index (χ4v) is 3.32. The van der Waals surface area contributed by atoms with Gasteiger partial charge in [0.1, 0.15) is 11.8 Å². The number of amides is 2. The van der Waals surface area contributed by atoms with Crippen molar-refractivity contribution in [2.45, 2.75) is 73.5 Å². The molecule has 2 rings (SSSR count). The molecule has 0 aliphatic carbocycles. The van der Waals surface area contributed by atoms with E-state index in [0.717, 1.165) is 27.8 Å². The zero-order valence-corrected chi connectivity index (χ0v) is 20.1. The third kappa shape index (κ3) is 7.12. The molecule has 0 saturated carbocycles. The van der Waals surface area contributed by atoms with E-state index in [-0.39, 0.29) is 24.0 Å². The van der Waals surface area contributed by atoms with Crippen molar-refractivity contribution in [3.8, 4) is 5.75 Å². The summed E-state index contributed by atoms with van der Waals surface area (Å²) in [6.45, 7) is 15.8. The number of aryl methyl sites for hydroxylation is 3. The molecule has 0 aromatic heterocycles. The number of hydrogen-bond acceptors (Lipinski definition) is 3. The van der Waals surface area contributed by atoms with Crippen molar-refractivity contribution in [1.82, 2.24) is 10.2 Å². The minimum Gasteiger partial charge on any atom is -0.483 e.